The smallest absolute Gasteiger partial charge is 0.0624 e. The molecule has 1 aliphatic carbocycles. The second-order valence-electron chi connectivity index (χ2n) is 5.09. The van der Waals surface area contributed by atoms with Gasteiger partial charge in [-0.3, -0.25) is 4.68 Å². The highest BCUT2D eigenvalue weighted by Gasteiger charge is 2.17. The molecule has 1 heterocycles. The minimum Gasteiger partial charge on any atom is -0.328 e. The molecule has 0 spiro atoms. The predicted molar refractivity (Wildman–Crippen MR) is 66.3 cm³/mol. The molecule has 1 aromatic rings. The fourth-order valence-electron chi connectivity index (χ4n) is 2.49. The number of aromatic nitrogens is 2. The van der Waals surface area contributed by atoms with Gasteiger partial charge < -0.3 is 5.73 Å². The second kappa shape index (κ2) is 5.48. The first kappa shape index (κ1) is 11.6. The molecule has 90 valence electrons. The zero-order chi connectivity index (χ0) is 11.4. The molecule has 3 nitrogen and oxygen atoms in total. The van der Waals surface area contributed by atoms with Gasteiger partial charge in [-0.15, -0.1) is 0 Å². The van der Waals surface area contributed by atoms with E-state index in [1.165, 1.54) is 31.4 Å². The number of hydrogen-bond acceptors (Lipinski definition) is 2. The average molecular weight is 221 g/mol. The molecule has 0 bridgehead atoms. The molecule has 0 aliphatic heterocycles. The van der Waals surface area contributed by atoms with Gasteiger partial charge >= 0.3 is 0 Å². The molecular formula is C13H23N3. The topological polar surface area (TPSA) is 43.8 Å². The predicted octanol–water partition coefficient (Wildman–Crippen LogP) is 2.67. The normalized spacial score (nSPS) is 19.1. The van der Waals surface area contributed by atoms with Crippen LogP contribution in [0, 0.1) is 0 Å². The summed E-state index contributed by atoms with van der Waals surface area (Å²) in [5, 5.41) is 4.66. The van der Waals surface area contributed by atoms with Crippen molar-refractivity contribution >= 4 is 0 Å². The summed E-state index contributed by atoms with van der Waals surface area (Å²) in [5.41, 5.74) is 6.96. The van der Waals surface area contributed by atoms with Gasteiger partial charge in [0.25, 0.3) is 0 Å². The van der Waals surface area contributed by atoms with Crippen molar-refractivity contribution in [1.29, 1.82) is 0 Å². The van der Waals surface area contributed by atoms with Crippen molar-refractivity contribution in [3.8, 4) is 0 Å². The van der Waals surface area contributed by atoms with E-state index in [4.69, 9.17) is 5.73 Å². The Balaban J connectivity index is 1.82. The lowest BCUT2D eigenvalue weighted by atomic mass is 10.1. The molecule has 1 saturated carbocycles. The van der Waals surface area contributed by atoms with Crippen molar-refractivity contribution in [3.05, 3.63) is 18.0 Å². The molecule has 1 fully saturated rings. The Morgan fingerprint density at radius 2 is 2.25 bits per heavy atom. The number of nitrogens with zero attached hydrogens (tertiary/aromatic N) is 2. The molecule has 0 radical (unpaired) electrons. The highest BCUT2D eigenvalue weighted by Crippen LogP contribution is 2.28. The Bertz CT molecular complexity index is 311. The standard InChI is InChI=1S/C13H23N3/c1-11(14)5-4-6-12-9-10-16(15-12)13-7-2-3-8-13/h9-11,13H,2-8,14H2,1H3. The van der Waals surface area contributed by atoms with Crippen LogP contribution in [-0.2, 0) is 6.42 Å². The van der Waals surface area contributed by atoms with Gasteiger partial charge in [0.1, 0.15) is 0 Å². The van der Waals surface area contributed by atoms with Crippen LogP contribution in [0.4, 0.5) is 0 Å². The van der Waals surface area contributed by atoms with E-state index in [9.17, 15) is 0 Å². The maximum absolute atomic E-state index is 5.74. The highest BCUT2D eigenvalue weighted by molar-refractivity contribution is 5.00. The lowest BCUT2D eigenvalue weighted by Gasteiger charge is -2.08. The number of nitrogens with two attached hydrogens (primary N) is 1. The van der Waals surface area contributed by atoms with Crippen LogP contribution in [0.5, 0.6) is 0 Å². The molecular weight excluding hydrogens is 198 g/mol. The van der Waals surface area contributed by atoms with Gasteiger partial charge in [-0.2, -0.15) is 5.10 Å². The third-order valence-electron chi connectivity index (χ3n) is 3.45. The molecule has 3 heteroatoms. The third-order valence-corrected chi connectivity index (χ3v) is 3.45. The number of hydrogen-bond donors (Lipinski definition) is 1. The summed E-state index contributed by atoms with van der Waals surface area (Å²) in [6.07, 6.45) is 10.8. The first-order chi connectivity index (χ1) is 7.75. The van der Waals surface area contributed by atoms with Crippen LogP contribution in [0.1, 0.15) is 57.2 Å². The lowest BCUT2D eigenvalue weighted by Crippen LogP contribution is -2.14. The van der Waals surface area contributed by atoms with E-state index in [-0.39, 0.29) is 0 Å². The van der Waals surface area contributed by atoms with Crippen LogP contribution < -0.4 is 5.73 Å². The van der Waals surface area contributed by atoms with Crippen LogP contribution in [-0.4, -0.2) is 15.8 Å². The highest BCUT2D eigenvalue weighted by atomic mass is 15.3. The van der Waals surface area contributed by atoms with E-state index in [1.54, 1.807) is 0 Å². The zero-order valence-corrected chi connectivity index (χ0v) is 10.2. The fourth-order valence-corrected chi connectivity index (χ4v) is 2.49. The summed E-state index contributed by atoms with van der Waals surface area (Å²) >= 11 is 0. The van der Waals surface area contributed by atoms with E-state index in [2.05, 4.69) is 29.0 Å². The SMILES string of the molecule is CC(N)CCCc1ccn(C2CCCC2)n1. The monoisotopic (exact) mass is 221 g/mol. The fraction of sp³-hybridized carbons (Fsp3) is 0.769. The minimum absolute atomic E-state index is 0.317. The van der Waals surface area contributed by atoms with Crippen LogP contribution in [0.2, 0.25) is 0 Å². The Morgan fingerprint density at radius 1 is 1.50 bits per heavy atom. The van der Waals surface area contributed by atoms with E-state index < -0.39 is 0 Å². The van der Waals surface area contributed by atoms with Gasteiger partial charge in [-0.05, 0) is 45.1 Å². The minimum atomic E-state index is 0.317. The lowest BCUT2D eigenvalue weighted by molar-refractivity contribution is 0.461. The Labute approximate surface area is 98.0 Å². The van der Waals surface area contributed by atoms with Gasteiger partial charge in [0.2, 0.25) is 0 Å². The van der Waals surface area contributed by atoms with E-state index >= 15 is 0 Å². The molecule has 1 aromatic heterocycles. The van der Waals surface area contributed by atoms with Crippen molar-refractivity contribution in [1.82, 2.24) is 9.78 Å². The van der Waals surface area contributed by atoms with Crippen LogP contribution >= 0.6 is 0 Å². The molecule has 0 saturated heterocycles. The molecule has 1 unspecified atom stereocenters. The Hall–Kier alpha value is -0.830. The maximum Gasteiger partial charge on any atom is 0.0624 e. The summed E-state index contributed by atoms with van der Waals surface area (Å²) in [6.45, 7) is 2.07. The summed E-state index contributed by atoms with van der Waals surface area (Å²) in [5.74, 6) is 0. The van der Waals surface area contributed by atoms with Crippen molar-refractivity contribution in [3.63, 3.8) is 0 Å². The maximum atomic E-state index is 5.74. The van der Waals surface area contributed by atoms with Crippen molar-refractivity contribution < 1.29 is 0 Å². The summed E-state index contributed by atoms with van der Waals surface area (Å²) < 4.78 is 2.17. The molecule has 2 rings (SSSR count). The van der Waals surface area contributed by atoms with Crippen molar-refractivity contribution in [2.45, 2.75) is 64.0 Å². The summed E-state index contributed by atoms with van der Waals surface area (Å²) in [4.78, 5) is 0. The Morgan fingerprint density at radius 3 is 2.94 bits per heavy atom. The third kappa shape index (κ3) is 3.08. The summed E-state index contributed by atoms with van der Waals surface area (Å²) in [7, 11) is 0. The molecule has 0 aromatic carbocycles. The second-order valence-corrected chi connectivity index (χ2v) is 5.09. The zero-order valence-electron chi connectivity index (χ0n) is 10.2. The van der Waals surface area contributed by atoms with Crippen molar-refractivity contribution in [2.75, 3.05) is 0 Å². The Kier molecular flexibility index (Phi) is 3.99. The van der Waals surface area contributed by atoms with Gasteiger partial charge in [0, 0.05) is 12.2 Å². The molecule has 1 atom stereocenters. The van der Waals surface area contributed by atoms with Gasteiger partial charge in [0.05, 0.1) is 11.7 Å². The quantitative estimate of drug-likeness (QED) is 0.830. The first-order valence-electron chi connectivity index (χ1n) is 6.55. The van der Waals surface area contributed by atoms with Gasteiger partial charge in [-0.25, -0.2) is 0 Å². The van der Waals surface area contributed by atoms with Gasteiger partial charge in [0.15, 0.2) is 0 Å². The first-order valence-corrected chi connectivity index (χ1v) is 6.55. The van der Waals surface area contributed by atoms with Crippen molar-refractivity contribution in [2.24, 2.45) is 5.73 Å². The van der Waals surface area contributed by atoms with Crippen LogP contribution in [0.25, 0.3) is 0 Å². The van der Waals surface area contributed by atoms with Gasteiger partial charge in [-0.1, -0.05) is 12.8 Å². The molecule has 16 heavy (non-hydrogen) atoms. The summed E-state index contributed by atoms with van der Waals surface area (Å²) in [6, 6.07) is 3.15. The van der Waals surface area contributed by atoms with E-state index in [1.807, 2.05) is 0 Å². The van der Waals surface area contributed by atoms with E-state index in [0.29, 0.717) is 12.1 Å². The number of rotatable bonds is 5. The van der Waals surface area contributed by atoms with Crippen LogP contribution in [0.15, 0.2) is 12.3 Å². The average Bonchev–Trinajstić information content (AvgIpc) is 2.85. The molecule has 0 amide bonds. The molecule has 1 aliphatic rings. The molecule has 2 N–H and O–H groups in total. The van der Waals surface area contributed by atoms with Crippen LogP contribution in [0.3, 0.4) is 0 Å². The van der Waals surface area contributed by atoms with E-state index in [0.717, 1.165) is 19.3 Å². The largest absolute Gasteiger partial charge is 0.328 e. The number of aryl methyl sites for hydroxylation is 1.